The van der Waals surface area contributed by atoms with Crippen LogP contribution >= 0.6 is 0 Å². The zero-order valence-corrected chi connectivity index (χ0v) is 16.8. The van der Waals surface area contributed by atoms with Crippen molar-refractivity contribution >= 4 is 11.8 Å². The van der Waals surface area contributed by atoms with Crippen LogP contribution < -0.4 is 10.1 Å². The summed E-state index contributed by atoms with van der Waals surface area (Å²) in [5, 5.41) is 12.6. The molecule has 0 aliphatic carbocycles. The van der Waals surface area contributed by atoms with Crippen LogP contribution in [0.15, 0.2) is 42.5 Å². The van der Waals surface area contributed by atoms with Crippen molar-refractivity contribution in [3.63, 3.8) is 0 Å². The Hall–Kier alpha value is -2.66. The first-order valence-electron chi connectivity index (χ1n) is 9.62. The largest absolute Gasteiger partial charge is 0.478 e. The lowest BCUT2D eigenvalue weighted by atomic mass is 9.88. The zero-order chi connectivity index (χ0) is 20.5. The van der Waals surface area contributed by atoms with Crippen LogP contribution in [0.5, 0.6) is 5.75 Å². The minimum absolute atomic E-state index is 0.0378. The van der Waals surface area contributed by atoms with Gasteiger partial charge in [0.05, 0.1) is 6.04 Å². The normalized spacial score (nSPS) is 16.5. The molecule has 0 aromatic heterocycles. The molecule has 28 heavy (non-hydrogen) atoms. The Morgan fingerprint density at radius 3 is 2.43 bits per heavy atom. The molecule has 0 saturated heterocycles. The van der Waals surface area contributed by atoms with E-state index in [2.05, 4.69) is 19.2 Å². The van der Waals surface area contributed by atoms with E-state index in [1.54, 1.807) is 6.07 Å². The maximum atomic E-state index is 13.1. The molecule has 1 unspecified atom stereocenters. The molecule has 0 amide bonds. The number of nitrogens with one attached hydrogen (secondary N) is 1. The van der Waals surface area contributed by atoms with Crippen LogP contribution in [0.3, 0.4) is 0 Å². The van der Waals surface area contributed by atoms with Gasteiger partial charge in [-0.25, -0.2) is 4.79 Å². The fourth-order valence-corrected chi connectivity index (χ4v) is 3.38. The standard InChI is InChI=1S/C23H27NO4/c1-14(2)15-5-7-16(8-6-15)21(25)20-19-10-9-18(13-17(19)11-12-24-20)28-23(3,4)22(26)27/h5-10,13-14,20,24H,11-12H2,1-4H3,(H,26,27). The van der Waals surface area contributed by atoms with Gasteiger partial charge in [-0.15, -0.1) is 0 Å². The van der Waals surface area contributed by atoms with Crippen LogP contribution in [0.2, 0.25) is 0 Å². The van der Waals surface area contributed by atoms with Crippen LogP contribution in [0.1, 0.15) is 66.7 Å². The van der Waals surface area contributed by atoms with Gasteiger partial charge in [0.25, 0.3) is 0 Å². The Bertz CT molecular complexity index is 884. The molecule has 1 heterocycles. The number of aliphatic carboxylic acids is 1. The molecule has 0 saturated carbocycles. The maximum Gasteiger partial charge on any atom is 0.347 e. The van der Waals surface area contributed by atoms with Crippen LogP contribution in [0.25, 0.3) is 0 Å². The van der Waals surface area contributed by atoms with E-state index in [0.29, 0.717) is 23.8 Å². The fourth-order valence-electron chi connectivity index (χ4n) is 3.38. The summed E-state index contributed by atoms with van der Waals surface area (Å²) in [6.45, 7) is 7.97. The minimum Gasteiger partial charge on any atom is -0.478 e. The van der Waals surface area contributed by atoms with Crippen molar-refractivity contribution < 1.29 is 19.4 Å². The second-order valence-corrected chi connectivity index (χ2v) is 8.06. The number of carbonyl (C=O) groups is 2. The number of ether oxygens (including phenoxy) is 1. The highest BCUT2D eigenvalue weighted by molar-refractivity contribution is 6.01. The molecule has 0 spiro atoms. The van der Waals surface area contributed by atoms with Gasteiger partial charge in [0, 0.05) is 12.1 Å². The first-order chi connectivity index (χ1) is 13.2. The minimum atomic E-state index is -1.31. The number of carbonyl (C=O) groups excluding carboxylic acids is 1. The molecule has 5 heteroatoms. The van der Waals surface area contributed by atoms with Crippen molar-refractivity contribution in [3.8, 4) is 5.75 Å². The van der Waals surface area contributed by atoms with Gasteiger partial charge >= 0.3 is 5.97 Å². The summed E-state index contributed by atoms with van der Waals surface area (Å²) in [5.41, 5.74) is 2.51. The van der Waals surface area contributed by atoms with Crippen molar-refractivity contribution in [1.82, 2.24) is 5.32 Å². The Labute approximate surface area is 165 Å². The highest BCUT2D eigenvalue weighted by atomic mass is 16.5. The topological polar surface area (TPSA) is 75.6 Å². The lowest BCUT2D eigenvalue weighted by Gasteiger charge is -2.28. The SMILES string of the molecule is CC(C)c1ccc(C(=O)C2NCCc3cc(OC(C)(C)C(=O)O)ccc32)cc1. The molecule has 0 bridgehead atoms. The first-order valence-corrected chi connectivity index (χ1v) is 9.62. The van der Waals surface area contributed by atoms with Crippen LogP contribution in [-0.2, 0) is 11.2 Å². The van der Waals surface area contributed by atoms with Gasteiger partial charge in [-0.2, -0.15) is 0 Å². The summed E-state index contributed by atoms with van der Waals surface area (Å²) >= 11 is 0. The summed E-state index contributed by atoms with van der Waals surface area (Å²) in [5.74, 6) is -0.0627. The Balaban J connectivity index is 1.85. The van der Waals surface area contributed by atoms with Gasteiger partial charge in [0.15, 0.2) is 11.4 Å². The third-order valence-corrected chi connectivity index (χ3v) is 5.18. The number of rotatable bonds is 6. The second-order valence-electron chi connectivity index (χ2n) is 8.06. The van der Waals surface area contributed by atoms with Crippen molar-refractivity contribution in [2.75, 3.05) is 6.54 Å². The van der Waals surface area contributed by atoms with E-state index in [1.807, 2.05) is 36.4 Å². The van der Waals surface area contributed by atoms with Gasteiger partial charge < -0.3 is 15.2 Å². The Morgan fingerprint density at radius 2 is 1.82 bits per heavy atom. The molecule has 1 atom stereocenters. The predicted molar refractivity (Wildman–Crippen MR) is 108 cm³/mol. The van der Waals surface area contributed by atoms with Gasteiger partial charge in [0.2, 0.25) is 0 Å². The Morgan fingerprint density at radius 1 is 1.14 bits per heavy atom. The number of carboxylic acids is 1. The number of ketones is 1. The third-order valence-electron chi connectivity index (χ3n) is 5.18. The summed E-state index contributed by atoms with van der Waals surface area (Å²) in [6, 6.07) is 12.8. The van der Waals surface area contributed by atoms with Gasteiger partial charge in [-0.05, 0) is 55.0 Å². The monoisotopic (exact) mass is 381 g/mol. The molecule has 0 fully saturated rings. The molecule has 0 radical (unpaired) electrons. The van der Waals surface area contributed by atoms with Crippen LogP contribution in [0.4, 0.5) is 0 Å². The van der Waals surface area contributed by atoms with E-state index in [0.717, 1.165) is 17.5 Å². The summed E-state index contributed by atoms with van der Waals surface area (Å²) in [6.07, 6.45) is 0.760. The van der Waals surface area contributed by atoms with E-state index in [4.69, 9.17) is 4.74 Å². The van der Waals surface area contributed by atoms with E-state index in [9.17, 15) is 14.7 Å². The molecule has 2 aromatic rings. The van der Waals surface area contributed by atoms with E-state index >= 15 is 0 Å². The molecule has 2 N–H and O–H groups in total. The molecule has 148 valence electrons. The van der Waals surface area contributed by atoms with Crippen molar-refractivity contribution in [2.45, 2.75) is 51.7 Å². The van der Waals surface area contributed by atoms with Crippen molar-refractivity contribution in [3.05, 3.63) is 64.7 Å². The molecule has 3 rings (SSSR count). The van der Waals surface area contributed by atoms with Gasteiger partial charge in [-0.1, -0.05) is 44.2 Å². The van der Waals surface area contributed by atoms with Crippen molar-refractivity contribution in [2.24, 2.45) is 0 Å². The highest BCUT2D eigenvalue weighted by Crippen LogP contribution is 2.31. The highest BCUT2D eigenvalue weighted by Gasteiger charge is 2.31. The summed E-state index contributed by atoms with van der Waals surface area (Å²) in [4.78, 5) is 24.4. The first kappa shape index (κ1) is 20.1. The van der Waals surface area contributed by atoms with Gasteiger partial charge in [-0.3, -0.25) is 4.79 Å². The molecule has 5 nitrogen and oxygen atoms in total. The lowest BCUT2D eigenvalue weighted by Crippen LogP contribution is -2.38. The number of benzene rings is 2. The second kappa shape index (κ2) is 7.76. The van der Waals surface area contributed by atoms with Gasteiger partial charge in [0.1, 0.15) is 5.75 Å². The molecule has 1 aliphatic heterocycles. The Kier molecular flexibility index (Phi) is 5.57. The number of Topliss-reactive ketones (excluding diaryl/α,β-unsaturated/α-hetero) is 1. The van der Waals surface area contributed by atoms with E-state index < -0.39 is 17.6 Å². The third kappa shape index (κ3) is 4.09. The lowest BCUT2D eigenvalue weighted by molar-refractivity contribution is -0.152. The number of fused-ring (bicyclic) bond motifs is 1. The van der Waals surface area contributed by atoms with E-state index in [-0.39, 0.29) is 5.78 Å². The fraction of sp³-hybridized carbons (Fsp3) is 0.391. The maximum absolute atomic E-state index is 13.1. The molecule has 2 aromatic carbocycles. The predicted octanol–water partition coefficient (Wildman–Crippen LogP) is 4.12. The average molecular weight is 381 g/mol. The summed E-state index contributed by atoms with van der Waals surface area (Å²) < 4.78 is 5.64. The molecular formula is C23H27NO4. The van der Waals surface area contributed by atoms with Crippen LogP contribution in [-0.4, -0.2) is 29.0 Å². The molecular weight excluding hydrogens is 354 g/mol. The smallest absolute Gasteiger partial charge is 0.347 e. The number of hydrogen-bond acceptors (Lipinski definition) is 4. The van der Waals surface area contributed by atoms with Crippen LogP contribution in [0, 0.1) is 0 Å². The van der Waals surface area contributed by atoms with Crippen molar-refractivity contribution in [1.29, 1.82) is 0 Å². The molecule has 1 aliphatic rings. The quantitative estimate of drug-likeness (QED) is 0.736. The number of hydrogen-bond donors (Lipinski definition) is 2. The average Bonchev–Trinajstić information content (AvgIpc) is 2.66. The number of carboxylic acid groups (broad SMARTS) is 1. The summed E-state index contributed by atoms with van der Waals surface area (Å²) in [7, 11) is 0. The van der Waals surface area contributed by atoms with E-state index in [1.165, 1.54) is 19.4 Å². The zero-order valence-electron chi connectivity index (χ0n) is 16.8.